The Hall–Kier alpha value is -2.08. The van der Waals surface area contributed by atoms with Gasteiger partial charge in [-0.25, -0.2) is 9.59 Å². The number of rotatable bonds is 2. The zero-order valence-corrected chi connectivity index (χ0v) is 10.3. The molecule has 2 aromatic heterocycles. The lowest BCUT2D eigenvalue weighted by Gasteiger charge is -1.98. The fourth-order valence-corrected chi connectivity index (χ4v) is 1.63. The summed E-state index contributed by atoms with van der Waals surface area (Å²) >= 11 is 5.75. The van der Waals surface area contributed by atoms with E-state index in [1.165, 1.54) is 26.5 Å². The number of esters is 2. The number of nitrogens with zero attached hydrogens (tertiary/aromatic N) is 1. The third kappa shape index (κ3) is 1.91. The summed E-state index contributed by atoms with van der Waals surface area (Å²) in [5.41, 5.74) is 0.339. The van der Waals surface area contributed by atoms with Crippen LogP contribution in [-0.4, -0.2) is 31.1 Å². The van der Waals surface area contributed by atoms with Gasteiger partial charge in [0.25, 0.3) is 0 Å². The summed E-state index contributed by atoms with van der Waals surface area (Å²) in [5, 5.41) is 0.323. The second kappa shape index (κ2) is 4.66. The van der Waals surface area contributed by atoms with E-state index in [1.807, 2.05) is 0 Å². The average Bonchev–Trinajstić information content (AvgIpc) is 2.75. The number of halogens is 1. The zero-order valence-electron chi connectivity index (χ0n) is 9.52. The Bertz CT molecular complexity index is 634. The maximum Gasteiger partial charge on any atom is 0.374 e. The lowest BCUT2D eigenvalue weighted by Crippen LogP contribution is -2.09. The summed E-state index contributed by atoms with van der Waals surface area (Å²) < 4.78 is 14.4. The smallest absolute Gasteiger partial charge is 0.374 e. The molecule has 0 atom stereocenters. The van der Waals surface area contributed by atoms with Gasteiger partial charge in [0.05, 0.1) is 19.2 Å². The van der Waals surface area contributed by atoms with Crippen LogP contribution in [0.2, 0.25) is 5.02 Å². The normalized spacial score (nSPS) is 10.4. The summed E-state index contributed by atoms with van der Waals surface area (Å²) in [4.78, 5) is 27.1. The van der Waals surface area contributed by atoms with Crippen molar-refractivity contribution in [2.45, 2.75) is 0 Å². The maximum atomic E-state index is 11.7. The van der Waals surface area contributed by atoms with E-state index in [0.29, 0.717) is 5.02 Å². The van der Waals surface area contributed by atoms with Crippen LogP contribution in [-0.2, 0) is 9.47 Å². The monoisotopic (exact) mass is 269 g/mol. The van der Waals surface area contributed by atoms with Gasteiger partial charge >= 0.3 is 11.9 Å². The predicted molar refractivity (Wildman–Crippen MR) is 61.7 cm³/mol. The molecule has 0 aliphatic heterocycles. The van der Waals surface area contributed by atoms with Gasteiger partial charge in [0, 0.05) is 12.3 Å². The number of ether oxygens (including phenoxy) is 2. The van der Waals surface area contributed by atoms with E-state index in [4.69, 9.17) is 16.0 Å². The number of methoxy groups -OCH3 is 2. The first kappa shape index (κ1) is 12.4. The molecule has 2 heterocycles. The third-order valence-corrected chi connectivity index (χ3v) is 2.46. The molecule has 18 heavy (non-hydrogen) atoms. The van der Waals surface area contributed by atoms with Crippen LogP contribution >= 0.6 is 11.6 Å². The van der Waals surface area contributed by atoms with Crippen LogP contribution in [0.5, 0.6) is 0 Å². The molecular weight excluding hydrogens is 262 g/mol. The second-order valence-corrected chi connectivity index (χ2v) is 3.73. The van der Waals surface area contributed by atoms with Crippen molar-refractivity contribution in [3.05, 3.63) is 28.6 Å². The van der Waals surface area contributed by atoms with E-state index < -0.39 is 11.9 Å². The van der Waals surface area contributed by atoms with Crippen molar-refractivity contribution in [3.8, 4) is 0 Å². The summed E-state index contributed by atoms with van der Waals surface area (Å²) in [6.45, 7) is 0. The lowest BCUT2D eigenvalue weighted by atomic mass is 10.2. The molecule has 0 aliphatic carbocycles. The molecular formula is C11H8ClNO5. The van der Waals surface area contributed by atoms with Crippen molar-refractivity contribution in [1.29, 1.82) is 0 Å². The summed E-state index contributed by atoms with van der Waals surface area (Å²) in [7, 11) is 2.37. The van der Waals surface area contributed by atoms with E-state index in [9.17, 15) is 9.59 Å². The number of hydrogen-bond acceptors (Lipinski definition) is 6. The van der Waals surface area contributed by atoms with Crippen molar-refractivity contribution in [2.75, 3.05) is 14.2 Å². The lowest BCUT2D eigenvalue weighted by molar-refractivity contribution is 0.0531. The minimum atomic E-state index is -0.787. The Morgan fingerprint density at radius 1 is 1.28 bits per heavy atom. The minimum Gasteiger partial charge on any atom is -0.465 e. The highest BCUT2D eigenvalue weighted by atomic mass is 35.5. The van der Waals surface area contributed by atoms with Crippen LogP contribution in [0.15, 0.2) is 16.7 Å². The average molecular weight is 270 g/mol. The van der Waals surface area contributed by atoms with Gasteiger partial charge in [-0.1, -0.05) is 11.6 Å². The number of fused-ring (bicyclic) bond motifs is 1. The van der Waals surface area contributed by atoms with Crippen LogP contribution in [0, 0.1) is 0 Å². The molecule has 0 radical (unpaired) electrons. The largest absolute Gasteiger partial charge is 0.465 e. The molecule has 0 spiro atoms. The molecule has 0 N–H and O–H groups in total. The first-order valence-corrected chi connectivity index (χ1v) is 5.21. The number of carbonyl (C=O) groups is 2. The highest BCUT2D eigenvalue weighted by Crippen LogP contribution is 2.27. The van der Waals surface area contributed by atoms with Crippen LogP contribution in [0.4, 0.5) is 0 Å². The summed E-state index contributed by atoms with van der Waals surface area (Å²) in [6.07, 6.45) is 1.34. The molecule has 0 saturated heterocycles. The van der Waals surface area contributed by atoms with Crippen molar-refractivity contribution < 1.29 is 23.5 Å². The number of carbonyl (C=O) groups excluding carboxylic acids is 2. The fourth-order valence-electron chi connectivity index (χ4n) is 1.48. The highest BCUT2D eigenvalue weighted by molar-refractivity contribution is 6.31. The van der Waals surface area contributed by atoms with Crippen LogP contribution in [0.3, 0.4) is 0 Å². The number of pyridine rings is 1. The van der Waals surface area contributed by atoms with Gasteiger partial charge in [-0.3, -0.25) is 4.98 Å². The Kier molecular flexibility index (Phi) is 3.20. The van der Waals surface area contributed by atoms with E-state index in [-0.39, 0.29) is 22.4 Å². The van der Waals surface area contributed by atoms with Gasteiger partial charge in [0.2, 0.25) is 5.76 Å². The highest BCUT2D eigenvalue weighted by Gasteiger charge is 2.28. The molecule has 0 aromatic carbocycles. The quantitative estimate of drug-likeness (QED) is 0.777. The topological polar surface area (TPSA) is 78.6 Å². The molecule has 2 rings (SSSR count). The summed E-state index contributed by atoms with van der Waals surface area (Å²) in [5.74, 6) is -1.78. The van der Waals surface area contributed by atoms with Crippen LogP contribution < -0.4 is 0 Å². The second-order valence-electron chi connectivity index (χ2n) is 3.29. The van der Waals surface area contributed by atoms with E-state index >= 15 is 0 Å². The van der Waals surface area contributed by atoms with E-state index in [1.54, 1.807) is 0 Å². The first-order valence-electron chi connectivity index (χ1n) is 4.83. The Labute approximate surface area is 106 Å². The molecule has 0 bridgehead atoms. The van der Waals surface area contributed by atoms with E-state index in [0.717, 1.165) is 0 Å². The molecule has 2 aromatic rings. The Morgan fingerprint density at radius 2 is 1.94 bits per heavy atom. The standard InChI is InChI=1S/C11H8ClNO5/c1-16-10(14)7-8-6(3-5(12)4-13-8)18-9(7)11(15)17-2/h3-4H,1-2H3. The van der Waals surface area contributed by atoms with Crippen molar-refractivity contribution >= 4 is 34.6 Å². The van der Waals surface area contributed by atoms with E-state index in [2.05, 4.69) is 14.5 Å². The van der Waals surface area contributed by atoms with Crippen LogP contribution in [0.25, 0.3) is 11.1 Å². The molecule has 7 heteroatoms. The first-order chi connectivity index (χ1) is 8.58. The maximum absolute atomic E-state index is 11.7. The SMILES string of the molecule is COC(=O)c1oc2cc(Cl)cnc2c1C(=O)OC. The number of furan rings is 1. The van der Waals surface area contributed by atoms with Crippen molar-refractivity contribution in [2.24, 2.45) is 0 Å². The van der Waals surface area contributed by atoms with Gasteiger partial charge in [-0.05, 0) is 0 Å². The van der Waals surface area contributed by atoms with Crippen molar-refractivity contribution in [1.82, 2.24) is 4.98 Å². The van der Waals surface area contributed by atoms with Gasteiger partial charge in [0.1, 0.15) is 11.1 Å². The van der Waals surface area contributed by atoms with Crippen molar-refractivity contribution in [3.63, 3.8) is 0 Å². The van der Waals surface area contributed by atoms with Crippen LogP contribution in [0.1, 0.15) is 20.9 Å². The third-order valence-electron chi connectivity index (χ3n) is 2.26. The number of aromatic nitrogens is 1. The zero-order chi connectivity index (χ0) is 13.3. The van der Waals surface area contributed by atoms with Gasteiger partial charge in [-0.2, -0.15) is 0 Å². The van der Waals surface area contributed by atoms with Gasteiger partial charge in [0.15, 0.2) is 5.58 Å². The molecule has 0 fully saturated rings. The van der Waals surface area contributed by atoms with Gasteiger partial charge in [-0.15, -0.1) is 0 Å². The fraction of sp³-hybridized carbons (Fsp3) is 0.182. The molecule has 0 unspecified atom stereocenters. The molecule has 94 valence electrons. The molecule has 0 aliphatic rings. The minimum absolute atomic E-state index is 0.0731. The predicted octanol–water partition coefficient (Wildman–Crippen LogP) is 2.05. The Balaban J connectivity index is 2.76. The Morgan fingerprint density at radius 3 is 2.56 bits per heavy atom. The number of hydrogen-bond donors (Lipinski definition) is 0. The molecule has 0 amide bonds. The molecule has 0 saturated carbocycles. The summed E-state index contributed by atoms with van der Waals surface area (Å²) in [6, 6.07) is 1.45. The van der Waals surface area contributed by atoms with Gasteiger partial charge < -0.3 is 13.9 Å². The molecule has 6 nitrogen and oxygen atoms in total.